The van der Waals surface area contributed by atoms with E-state index in [2.05, 4.69) is 183 Å². The molecule has 0 aromatic heterocycles. The molecule has 370 valence electrons. The van der Waals surface area contributed by atoms with E-state index in [0.29, 0.717) is 52.1 Å². The Balaban J connectivity index is 1.25. The van der Waals surface area contributed by atoms with Gasteiger partial charge in [0.15, 0.2) is 0 Å². The topological polar surface area (TPSA) is 112 Å². The molecule has 72 heavy (non-hydrogen) atoms. The van der Waals surface area contributed by atoms with Crippen molar-refractivity contribution in [1.82, 2.24) is 0 Å². The molecule has 6 aromatic rings. The lowest BCUT2D eigenvalue weighted by Gasteiger charge is -2.27. The van der Waals surface area contributed by atoms with Crippen molar-refractivity contribution in [3.8, 4) is 11.1 Å². The lowest BCUT2D eigenvalue weighted by Crippen LogP contribution is -2.11. The summed E-state index contributed by atoms with van der Waals surface area (Å²) in [4.78, 5) is 50.7. The summed E-state index contributed by atoms with van der Waals surface area (Å²) in [5.41, 5.74) is 15.0. The zero-order valence-electron chi connectivity index (χ0n) is 41.5. The van der Waals surface area contributed by atoms with Crippen molar-refractivity contribution in [2.45, 2.75) is 65.2 Å². The van der Waals surface area contributed by atoms with E-state index in [1.54, 1.807) is 0 Å². The Hall–Kier alpha value is -8.24. The van der Waals surface area contributed by atoms with Gasteiger partial charge in [-0.2, -0.15) is 0 Å². The average Bonchev–Trinajstić information content (AvgIpc) is 3.41. The van der Waals surface area contributed by atoms with Crippen LogP contribution in [0.15, 0.2) is 184 Å². The van der Waals surface area contributed by atoms with Crippen molar-refractivity contribution < 1.29 is 38.1 Å². The fourth-order valence-electron chi connectivity index (χ4n) is 8.33. The highest BCUT2D eigenvalue weighted by Gasteiger charge is 2.17. The summed E-state index contributed by atoms with van der Waals surface area (Å²) in [5.74, 6) is -1.67. The number of anilines is 6. The molecule has 0 saturated heterocycles. The van der Waals surface area contributed by atoms with Gasteiger partial charge in [0.05, 0.1) is 26.4 Å². The van der Waals surface area contributed by atoms with Gasteiger partial charge < -0.3 is 28.7 Å². The average molecular weight is 965 g/mol. The number of rotatable bonds is 27. The SMILES string of the molecule is C=CC(=O)OCCCc1ccc(N(c2ccc(-c3ccc(N(c4ccc(CCCOC(=O)C=C)cc4)c4ccc(CCCOC(=O)C=C)c(C)c4)cc3)cc2)c2ccc(CCCOC(=O)C=C)c(C)c2)cc1. The maximum Gasteiger partial charge on any atom is 0.330 e. The van der Waals surface area contributed by atoms with Crippen LogP contribution in [0.25, 0.3) is 11.1 Å². The number of aryl methyl sites for hydroxylation is 6. The van der Waals surface area contributed by atoms with Gasteiger partial charge in [-0.25, -0.2) is 19.2 Å². The third kappa shape index (κ3) is 15.4. The minimum Gasteiger partial charge on any atom is -0.463 e. The molecule has 0 atom stereocenters. The van der Waals surface area contributed by atoms with Crippen molar-refractivity contribution >= 4 is 58.0 Å². The van der Waals surface area contributed by atoms with E-state index in [9.17, 15) is 19.2 Å². The summed E-state index contributed by atoms with van der Waals surface area (Å²) >= 11 is 0. The van der Waals surface area contributed by atoms with Crippen molar-refractivity contribution in [1.29, 1.82) is 0 Å². The number of benzene rings is 6. The lowest BCUT2D eigenvalue weighted by molar-refractivity contribution is -0.138. The second-order valence-corrected chi connectivity index (χ2v) is 17.2. The number of carbonyl (C=O) groups is 4. The van der Waals surface area contributed by atoms with Crippen LogP contribution in [0.4, 0.5) is 34.1 Å². The van der Waals surface area contributed by atoms with Crippen molar-refractivity contribution in [3.63, 3.8) is 0 Å². The second kappa shape index (κ2) is 27.2. The molecule has 10 heteroatoms. The van der Waals surface area contributed by atoms with Crippen LogP contribution in [0, 0.1) is 13.8 Å². The highest BCUT2D eigenvalue weighted by atomic mass is 16.5. The Morgan fingerprint density at radius 2 is 0.639 bits per heavy atom. The van der Waals surface area contributed by atoms with Gasteiger partial charge in [-0.15, -0.1) is 0 Å². The summed E-state index contributed by atoms with van der Waals surface area (Å²) in [7, 11) is 0. The second-order valence-electron chi connectivity index (χ2n) is 17.2. The van der Waals surface area contributed by atoms with Crippen LogP contribution in [0.3, 0.4) is 0 Å². The number of hydrogen-bond acceptors (Lipinski definition) is 10. The predicted octanol–water partition coefficient (Wildman–Crippen LogP) is 13.6. The van der Waals surface area contributed by atoms with E-state index in [1.807, 2.05) is 0 Å². The molecule has 0 fully saturated rings. The Morgan fingerprint density at radius 1 is 0.375 bits per heavy atom. The molecule has 0 amide bonds. The van der Waals surface area contributed by atoms with Gasteiger partial charge in [0.1, 0.15) is 0 Å². The van der Waals surface area contributed by atoms with E-state index in [0.717, 1.165) is 93.2 Å². The van der Waals surface area contributed by atoms with Crippen molar-refractivity contribution in [3.05, 3.63) is 217 Å². The van der Waals surface area contributed by atoms with Gasteiger partial charge in [-0.3, -0.25) is 0 Å². The standard InChI is InChI=1S/C62H64N2O8/c1-7-59(65)69-39-11-15-47-19-29-53(30-20-47)63(57-37-23-49(45(5)43-57)17-13-41-71-61(67)9-3)55-33-25-51(26-34-55)52-27-35-56(36-28-52)64(54-31-21-48(22-32-54)16-12-40-70-60(66)8-2)58-38-24-50(46(6)44-58)18-14-42-72-62(68)10-4/h7-10,19-38,43-44H,1-4,11-18,39-42H2,5-6H3. The summed E-state index contributed by atoms with van der Waals surface area (Å²) in [6, 6.07) is 47.1. The lowest BCUT2D eigenvalue weighted by atomic mass is 10.0. The highest BCUT2D eigenvalue weighted by Crippen LogP contribution is 2.39. The van der Waals surface area contributed by atoms with E-state index in [-0.39, 0.29) is 0 Å². The molecule has 0 unspecified atom stereocenters. The van der Waals surface area contributed by atoms with Crippen LogP contribution in [0.5, 0.6) is 0 Å². The monoisotopic (exact) mass is 964 g/mol. The molecule has 0 bridgehead atoms. The molecule has 0 N–H and O–H groups in total. The minimum atomic E-state index is -0.417. The van der Waals surface area contributed by atoms with Gasteiger partial charge in [-0.1, -0.05) is 87.0 Å². The van der Waals surface area contributed by atoms with Crippen molar-refractivity contribution in [2.24, 2.45) is 0 Å². The molecule has 0 aliphatic carbocycles. The molecule has 10 nitrogen and oxygen atoms in total. The normalized spacial score (nSPS) is 10.6. The molecule has 6 aromatic carbocycles. The van der Waals surface area contributed by atoms with E-state index < -0.39 is 23.9 Å². The predicted molar refractivity (Wildman–Crippen MR) is 289 cm³/mol. The van der Waals surface area contributed by atoms with Crippen molar-refractivity contribution in [2.75, 3.05) is 36.2 Å². The summed E-state index contributed by atoms with van der Waals surface area (Å²) < 4.78 is 20.8. The molecular formula is C62H64N2O8. The first-order chi connectivity index (χ1) is 35.0. The van der Waals surface area contributed by atoms with Crippen LogP contribution in [-0.4, -0.2) is 50.3 Å². The molecule has 0 spiro atoms. The van der Waals surface area contributed by atoms with Crippen LogP contribution in [0.2, 0.25) is 0 Å². The Morgan fingerprint density at radius 3 is 0.917 bits per heavy atom. The molecule has 6 rings (SSSR count). The minimum absolute atomic E-state index is 0.330. The van der Waals surface area contributed by atoms with Gasteiger partial charge in [-0.05, 0) is 183 Å². The van der Waals surface area contributed by atoms with Crippen LogP contribution in [0.1, 0.15) is 59.1 Å². The van der Waals surface area contributed by atoms with Crippen LogP contribution >= 0.6 is 0 Å². The Kier molecular flexibility index (Phi) is 20.1. The van der Waals surface area contributed by atoms with Crippen LogP contribution in [-0.2, 0) is 63.8 Å². The van der Waals surface area contributed by atoms with Gasteiger partial charge in [0, 0.05) is 58.4 Å². The zero-order chi connectivity index (χ0) is 51.2. The quantitative estimate of drug-likeness (QED) is 0.0214. The molecule has 0 radical (unpaired) electrons. The Labute approximate surface area is 424 Å². The Bertz CT molecular complexity index is 2620. The molecule has 0 aliphatic rings. The molecule has 0 saturated carbocycles. The number of nitrogens with zero attached hydrogens (tertiary/aromatic N) is 2. The fraction of sp³-hybridized carbons (Fsp3) is 0.226. The third-order valence-electron chi connectivity index (χ3n) is 12.2. The van der Waals surface area contributed by atoms with Crippen LogP contribution < -0.4 is 9.80 Å². The van der Waals surface area contributed by atoms with Gasteiger partial charge in [0.25, 0.3) is 0 Å². The first-order valence-corrected chi connectivity index (χ1v) is 24.3. The largest absolute Gasteiger partial charge is 0.463 e. The molecule has 0 heterocycles. The van der Waals surface area contributed by atoms with Gasteiger partial charge >= 0.3 is 23.9 Å². The summed E-state index contributed by atoms with van der Waals surface area (Å²) in [5, 5.41) is 0. The number of esters is 4. The summed E-state index contributed by atoms with van der Waals surface area (Å²) in [6.45, 7) is 19.4. The fourth-order valence-corrected chi connectivity index (χ4v) is 8.33. The maximum absolute atomic E-state index is 11.6. The number of ether oxygens (including phenoxy) is 4. The first-order valence-electron chi connectivity index (χ1n) is 24.3. The van der Waals surface area contributed by atoms with E-state index >= 15 is 0 Å². The maximum atomic E-state index is 11.6. The molecular weight excluding hydrogens is 901 g/mol. The van der Waals surface area contributed by atoms with Gasteiger partial charge in [0.2, 0.25) is 0 Å². The summed E-state index contributed by atoms with van der Waals surface area (Å²) in [6.07, 6.45) is 10.6. The first kappa shape index (κ1) is 53.1. The van der Waals surface area contributed by atoms with E-state index in [4.69, 9.17) is 18.9 Å². The van der Waals surface area contributed by atoms with E-state index in [1.165, 1.54) is 35.4 Å². The number of hydrogen-bond donors (Lipinski definition) is 0. The molecule has 0 aliphatic heterocycles. The number of carbonyl (C=O) groups excluding carboxylic acids is 4. The smallest absolute Gasteiger partial charge is 0.330 e. The zero-order valence-corrected chi connectivity index (χ0v) is 41.5. The highest BCUT2D eigenvalue weighted by molar-refractivity contribution is 5.83. The third-order valence-corrected chi connectivity index (χ3v) is 12.2.